The number of amides is 3. The minimum Gasteiger partial charge on any atom is -0.490 e. The first kappa shape index (κ1) is 35.0. The molecule has 274 valence electrons. The number of primary sulfonamides is 1. The number of nitrogens with two attached hydrogens (primary N) is 1. The molecule has 3 fully saturated rings. The Balaban J connectivity index is 1.06. The SMILES string of the molecule is CCOc1cc([C@H]2c3sc(=O)[nH]c3SC3C4CC(C5C(=O)N(c6ccc([N+](=O)[O-])cc6)C(=O)C45)C32)ccc1OCC(=O)Nc1ccc(S(N)(=O)=O)cc1. The second-order valence-corrected chi connectivity index (χ2v) is 17.1. The molecular weight excluding hydrogens is 747 g/mol. The summed E-state index contributed by atoms with van der Waals surface area (Å²) < 4.78 is 34.9. The van der Waals surface area contributed by atoms with Gasteiger partial charge in [0, 0.05) is 33.9 Å². The maximum Gasteiger partial charge on any atom is 0.305 e. The zero-order chi connectivity index (χ0) is 37.3. The third-order valence-corrected chi connectivity index (χ3v) is 14.0. The van der Waals surface area contributed by atoms with Gasteiger partial charge in [0.2, 0.25) is 21.8 Å². The van der Waals surface area contributed by atoms with Gasteiger partial charge in [-0.25, -0.2) is 13.6 Å². The number of thiazole rings is 1. The van der Waals surface area contributed by atoms with Crippen LogP contribution in [0.4, 0.5) is 17.1 Å². The van der Waals surface area contributed by atoms with Crippen molar-refractivity contribution in [2.45, 2.75) is 34.4 Å². The summed E-state index contributed by atoms with van der Waals surface area (Å²) in [4.78, 5) is 68.9. The Morgan fingerprint density at radius 3 is 2.36 bits per heavy atom. The molecule has 8 rings (SSSR count). The topological polar surface area (TPSA) is 221 Å². The normalized spacial score (nSPS) is 25.5. The van der Waals surface area contributed by atoms with Gasteiger partial charge in [-0.05, 0) is 85.2 Å². The number of thioether (sulfide) groups is 1. The van der Waals surface area contributed by atoms with E-state index in [0.29, 0.717) is 35.9 Å². The molecule has 6 unspecified atom stereocenters. The number of sulfonamides is 1. The number of H-pyrrole nitrogens is 1. The minimum absolute atomic E-state index is 0.0632. The van der Waals surface area contributed by atoms with Crippen LogP contribution in [0.1, 0.15) is 29.7 Å². The van der Waals surface area contributed by atoms with Crippen molar-refractivity contribution in [2.75, 3.05) is 23.4 Å². The third-order valence-electron chi connectivity index (χ3n) is 10.5. The number of nitro benzene ring substituents is 1. The number of nitrogens with one attached hydrogen (secondary N) is 2. The summed E-state index contributed by atoms with van der Waals surface area (Å²) in [5.41, 5.74) is 1.35. The second-order valence-electron chi connectivity index (χ2n) is 13.3. The number of aromatic amines is 1. The number of aromatic nitrogens is 1. The number of benzene rings is 3. The zero-order valence-electron chi connectivity index (χ0n) is 27.8. The van der Waals surface area contributed by atoms with Crippen LogP contribution in [0.2, 0.25) is 0 Å². The quantitative estimate of drug-likeness (QED) is 0.118. The van der Waals surface area contributed by atoms with Crippen molar-refractivity contribution in [1.82, 2.24) is 4.98 Å². The molecule has 7 atom stereocenters. The first-order chi connectivity index (χ1) is 25.3. The molecule has 18 heteroatoms. The van der Waals surface area contributed by atoms with Crippen LogP contribution in [-0.4, -0.2) is 54.5 Å². The van der Waals surface area contributed by atoms with E-state index in [1.807, 2.05) is 19.1 Å². The van der Waals surface area contributed by atoms with Gasteiger partial charge < -0.3 is 19.8 Å². The van der Waals surface area contributed by atoms with Gasteiger partial charge in [0.1, 0.15) is 0 Å². The number of hydrogen-bond acceptors (Lipinski definition) is 12. The van der Waals surface area contributed by atoms with Crippen LogP contribution in [-0.2, 0) is 24.4 Å². The number of nitro groups is 1. The van der Waals surface area contributed by atoms with E-state index >= 15 is 0 Å². The lowest BCUT2D eigenvalue weighted by atomic mass is 9.68. The second kappa shape index (κ2) is 13.1. The molecule has 53 heavy (non-hydrogen) atoms. The van der Waals surface area contributed by atoms with E-state index in [1.54, 1.807) is 17.8 Å². The molecule has 15 nitrogen and oxygen atoms in total. The predicted octanol–water partition coefficient (Wildman–Crippen LogP) is 4.09. The summed E-state index contributed by atoms with van der Waals surface area (Å²) in [5.74, 6) is -2.19. The van der Waals surface area contributed by atoms with Crippen LogP contribution >= 0.6 is 23.1 Å². The van der Waals surface area contributed by atoms with Gasteiger partial charge in [0.15, 0.2) is 18.1 Å². The van der Waals surface area contributed by atoms with Gasteiger partial charge in [-0.1, -0.05) is 17.4 Å². The van der Waals surface area contributed by atoms with Gasteiger partial charge in [0.25, 0.3) is 11.6 Å². The predicted molar refractivity (Wildman–Crippen MR) is 194 cm³/mol. The number of imide groups is 1. The van der Waals surface area contributed by atoms with E-state index in [1.165, 1.54) is 53.4 Å². The summed E-state index contributed by atoms with van der Waals surface area (Å²) in [6.45, 7) is 1.73. The molecule has 3 amide bonds. The van der Waals surface area contributed by atoms with Gasteiger partial charge in [-0.15, -0.1) is 11.8 Å². The summed E-state index contributed by atoms with van der Waals surface area (Å²) in [5, 5.41) is 19.7. The molecule has 0 spiro atoms. The zero-order valence-corrected chi connectivity index (χ0v) is 30.2. The van der Waals surface area contributed by atoms with Crippen LogP contribution in [0.15, 0.2) is 81.4 Å². The summed E-state index contributed by atoms with van der Waals surface area (Å²) >= 11 is 2.68. The fourth-order valence-corrected chi connectivity index (χ4v) is 11.9. The van der Waals surface area contributed by atoms with Crippen molar-refractivity contribution < 1.29 is 37.2 Å². The highest BCUT2D eigenvalue weighted by Gasteiger charge is 2.69. The van der Waals surface area contributed by atoms with Crippen LogP contribution in [0.3, 0.4) is 0 Å². The lowest BCUT2D eigenvalue weighted by molar-refractivity contribution is -0.384. The number of anilines is 2. The lowest BCUT2D eigenvalue weighted by Crippen LogP contribution is -2.42. The molecule has 3 heterocycles. The van der Waals surface area contributed by atoms with Gasteiger partial charge >= 0.3 is 4.87 Å². The Morgan fingerprint density at radius 2 is 1.70 bits per heavy atom. The fraction of sp³-hybridized carbons (Fsp3) is 0.314. The maximum absolute atomic E-state index is 14.1. The van der Waals surface area contributed by atoms with Crippen molar-refractivity contribution in [2.24, 2.45) is 34.7 Å². The average Bonchev–Trinajstić information content (AvgIpc) is 3.86. The molecule has 4 aromatic rings. The Bertz CT molecular complexity index is 2340. The largest absolute Gasteiger partial charge is 0.490 e. The summed E-state index contributed by atoms with van der Waals surface area (Å²) in [6.07, 6.45) is 0.679. The molecule has 4 aliphatic rings. The number of carbonyl (C=O) groups is 3. The highest BCUT2D eigenvalue weighted by molar-refractivity contribution is 8.00. The molecule has 1 aromatic heterocycles. The maximum atomic E-state index is 14.1. The average molecular weight is 778 g/mol. The smallest absolute Gasteiger partial charge is 0.305 e. The van der Waals surface area contributed by atoms with Gasteiger partial charge in [-0.3, -0.25) is 34.2 Å². The van der Waals surface area contributed by atoms with Crippen molar-refractivity contribution in [3.63, 3.8) is 0 Å². The monoisotopic (exact) mass is 777 g/mol. The minimum atomic E-state index is -3.88. The van der Waals surface area contributed by atoms with Crippen LogP contribution < -0.4 is 29.7 Å². The van der Waals surface area contributed by atoms with Crippen molar-refractivity contribution in [1.29, 1.82) is 0 Å². The number of non-ortho nitro benzene ring substituents is 1. The number of hydrogen-bond donors (Lipinski definition) is 3. The molecule has 2 aliphatic heterocycles. The molecule has 1 saturated heterocycles. The molecule has 4 N–H and O–H groups in total. The van der Waals surface area contributed by atoms with Gasteiger partial charge in [-0.2, -0.15) is 0 Å². The fourth-order valence-electron chi connectivity index (χ4n) is 8.54. The van der Waals surface area contributed by atoms with E-state index in [-0.39, 0.29) is 62.8 Å². The number of ether oxygens (including phenoxy) is 2. The highest BCUT2D eigenvalue weighted by Crippen LogP contribution is 2.68. The Hall–Kier alpha value is -5.04. The van der Waals surface area contributed by atoms with Crippen molar-refractivity contribution >= 4 is 67.9 Å². The first-order valence-electron chi connectivity index (χ1n) is 16.7. The van der Waals surface area contributed by atoms with E-state index < -0.39 is 32.7 Å². The number of rotatable bonds is 10. The first-order valence-corrected chi connectivity index (χ1v) is 19.9. The summed E-state index contributed by atoms with van der Waals surface area (Å²) in [7, 11) is -3.88. The van der Waals surface area contributed by atoms with Gasteiger partial charge in [0.05, 0.1) is 39.0 Å². The molecule has 2 bridgehead atoms. The number of fused-ring (bicyclic) bond motifs is 9. The lowest BCUT2D eigenvalue weighted by Gasteiger charge is -2.43. The van der Waals surface area contributed by atoms with Crippen LogP contribution in [0, 0.1) is 39.7 Å². The van der Waals surface area contributed by atoms with Crippen LogP contribution in [0.25, 0.3) is 0 Å². The van der Waals surface area contributed by atoms with E-state index in [9.17, 15) is 37.7 Å². The standard InChI is InChI=1S/C35H31N5O10S3/c1-2-49-24-13-16(3-12-23(24)50-15-25(41)37-17-4-10-20(11-5-17)53(36,47)48)26-27-21-14-22(30(27)51-32-31(26)52-35(44)38-32)29-28(21)33(42)39(34(29)43)18-6-8-19(9-7-18)40(45)46/h3-13,21-22,26-30H,2,14-15H2,1H3,(H,37,41)(H,38,44)(H2,36,47,48)/t21?,22?,26-,27?,28?,29?,30?/m1/s1. The Kier molecular flexibility index (Phi) is 8.67. The number of carbonyl (C=O) groups excluding carboxylic acids is 3. The van der Waals surface area contributed by atoms with Crippen LogP contribution in [0.5, 0.6) is 11.5 Å². The molecule has 3 aromatic carbocycles. The Labute approximate surface area is 310 Å². The summed E-state index contributed by atoms with van der Waals surface area (Å²) in [6, 6.07) is 16.2. The Morgan fingerprint density at radius 1 is 1.00 bits per heavy atom. The number of nitrogens with zero attached hydrogens (tertiary/aromatic N) is 2. The van der Waals surface area contributed by atoms with E-state index in [0.717, 1.165) is 26.8 Å². The van der Waals surface area contributed by atoms with Crippen molar-refractivity contribution in [3.05, 3.63) is 97.0 Å². The molecule has 0 radical (unpaired) electrons. The molecule has 2 aliphatic carbocycles. The van der Waals surface area contributed by atoms with E-state index in [2.05, 4.69) is 10.3 Å². The highest BCUT2D eigenvalue weighted by atomic mass is 32.2. The third kappa shape index (κ3) is 5.98. The van der Waals surface area contributed by atoms with Crippen molar-refractivity contribution in [3.8, 4) is 11.5 Å². The molecule has 2 saturated carbocycles. The molecular formula is C35H31N5O10S3. The van der Waals surface area contributed by atoms with E-state index in [4.69, 9.17) is 14.6 Å².